The van der Waals surface area contributed by atoms with Crippen molar-refractivity contribution in [2.45, 2.75) is 29.6 Å². The summed E-state index contributed by atoms with van der Waals surface area (Å²) in [5.74, 6) is 0.798. The Hall–Kier alpha value is -3.96. The first-order valence-electron chi connectivity index (χ1n) is 11.4. The second-order valence-corrected chi connectivity index (χ2v) is 11.4. The number of hydrogen-bond acceptors (Lipinski definition) is 10. The van der Waals surface area contributed by atoms with Gasteiger partial charge in [0.25, 0.3) is 0 Å². The van der Waals surface area contributed by atoms with E-state index in [1.807, 2.05) is 12.1 Å². The lowest BCUT2D eigenvalue weighted by Gasteiger charge is -2.12. The van der Waals surface area contributed by atoms with E-state index >= 15 is 0 Å². The molecule has 0 aliphatic carbocycles. The van der Waals surface area contributed by atoms with Gasteiger partial charge in [0.05, 0.1) is 22.0 Å². The molecular weight excluding hydrogens is 492 g/mol. The number of aliphatic imine (C=N–C) groups is 1. The molecule has 2 aromatic carbocycles. The number of sulfone groups is 1. The second kappa shape index (κ2) is 8.56. The highest BCUT2D eigenvalue weighted by Gasteiger charge is 2.54. The van der Waals surface area contributed by atoms with Crippen LogP contribution in [0.5, 0.6) is 0 Å². The molecular formula is C24H19B2N5O5S. The predicted octanol–water partition coefficient (Wildman–Crippen LogP) is 3.00. The van der Waals surface area contributed by atoms with E-state index in [-0.39, 0.29) is 4.90 Å². The molecule has 2 fully saturated rings. The monoisotopic (exact) mass is 511 g/mol. The van der Waals surface area contributed by atoms with Crippen LogP contribution in [-0.4, -0.2) is 49.6 Å². The fourth-order valence-corrected chi connectivity index (χ4v) is 4.80. The maximum Gasteiger partial charge on any atom is 0.474 e. The van der Waals surface area contributed by atoms with Crippen LogP contribution >= 0.6 is 0 Å². The van der Waals surface area contributed by atoms with E-state index < -0.39 is 20.7 Å². The van der Waals surface area contributed by atoms with E-state index in [0.29, 0.717) is 45.6 Å². The quantitative estimate of drug-likeness (QED) is 0.225. The van der Waals surface area contributed by atoms with Gasteiger partial charge >= 0.3 is 15.0 Å². The third-order valence-corrected chi connectivity index (χ3v) is 8.17. The van der Waals surface area contributed by atoms with Crippen molar-refractivity contribution < 1.29 is 22.2 Å². The lowest BCUT2D eigenvalue weighted by atomic mass is 9.91. The van der Waals surface area contributed by atoms with Gasteiger partial charge in [-0.1, -0.05) is 29.4 Å². The largest absolute Gasteiger partial charge is 0.549 e. The first kappa shape index (κ1) is 23.4. The number of nitrogens with zero attached hydrogens (tertiary/aromatic N) is 4. The van der Waals surface area contributed by atoms with Crippen LogP contribution in [0.1, 0.15) is 19.5 Å². The van der Waals surface area contributed by atoms with Crippen molar-refractivity contribution in [2.24, 2.45) is 4.99 Å². The molecule has 2 aliphatic rings. The molecule has 182 valence electrons. The van der Waals surface area contributed by atoms with Crippen molar-refractivity contribution in [1.29, 1.82) is 0 Å². The van der Waals surface area contributed by atoms with Gasteiger partial charge in [-0.05, 0) is 38.1 Å². The average Bonchev–Trinajstić information content (AvgIpc) is 3.83. The molecule has 2 N–H and O–H groups in total. The van der Waals surface area contributed by atoms with Crippen LogP contribution in [0.15, 0.2) is 75.2 Å². The van der Waals surface area contributed by atoms with E-state index in [4.69, 9.17) is 24.5 Å². The zero-order chi connectivity index (χ0) is 25.8. The van der Waals surface area contributed by atoms with Crippen molar-refractivity contribution in [1.82, 2.24) is 15.1 Å². The SMILES string of the molecule is CC(C)S(=O)(=O)c1ccc(-c2cnc(C3(N=C4[B]O4)[B]O3)c(-c3cc(-c4ccc(N)cc4)no3)n2)cc1. The smallest absolute Gasteiger partial charge is 0.474 e. The molecule has 2 radical (unpaired) electrons. The Morgan fingerprint density at radius 3 is 2.30 bits per heavy atom. The summed E-state index contributed by atoms with van der Waals surface area (Å²) >= 11 is 0. The molecule has 13 heteroatoms. The summed E-state index contributed by atoms with van der Waals surface area (Å²) in [5, 5.41) is 3.68. The van der Waals surface area contributed by atoms with Crippen LogP contribution < -0.4 is 5.73 Å². The molecule has 10 nitrogen and oxygen atoms in total. The highest BCUT2D eigenvalue weighted by atomic mass is 32.2. The van der Waals surface area contributed by atoms with Gasteiger partial charge in [-0.15, -0.1) is 0 Å². The zero-order valence-corrected chi connectivity index (χ0v) is 20.6. The minimum Gasteiger partial charge on any atom is -0.549 e. The molecule has 0 amide bonds. The normalized spacial score (nSPS) is 19.3. The van der Waals surface area contributed by atoms with E-state index in [1.54, 1.807) is 62.5 Å². The third-order valence-electron chi connectivity index (χ3n) is 6.00. The van der Waals surface area contributed by atoms with E-state index in [2.05, 4.69) is 15.1 Å². The van der Waals surface area contributed by atoms with Gasteiger partial charge in [0.15, 0.2) is 27.0 Å². The van der Waals surface area contributed by atoms with Gasteiger partial charge in [0, 0.05) is 22.9 Å². The molecule has 0 bridgehead atoms. The number of anilines is 1. The molecule has 1 atom stereocenters. The molecule has 0 spiro atoms. The number of rotatable bonds is 7. The minimum atomic E-state index is -3.39. The molecule has 2 aliphatic heterocycles. The molecule has 0 saturated carbocycles. The summed E-state index contributed by atoms with van der Waals surface area (Å²) in [6.45, 7) is 3.30. The van der Waals surface area contributed by atoms with Crippen molar-refractivity contribution >= 4 is 36.3 Å². The topological polar surface area (TPSA) is 149 Å². The summed E-state index contributed by atoms with van der Waals surface area (Å²) in [7, 11) is -0.362. The molecule has 2 aromatic heterocycles. The Kier molecular flexibility index (Phi) is 5.42. The number of hydrogen-bond donors (Lipinski definition) is 1. The van der Waals surface area contributed by atoms with Crippen LogP contribution in [-0.2, 0) is 24.8 Å². The Morgan fingerprint density at radius 2 is 1.68 bits per heavy atom. The number of aromatic nitrogens is 3. The van der Waals surface area contributed by atoms with Crippen molar-refractivity contribution in [3.8, 4) is 34.0 Å². The van der Waals surface area contributed by atoms with Gasteiger partial charge in [0.1, 0.15) is 17.1 Å². The van der Waals surface area contributed by atoms with E-state index in [9.17, 15) is 8.42 Å². The van der Waals surface area contributed by atoms with Gasteiger partial charge in [-0.25, -0.2) is 18.4 Å². The van der Waals surface area contributed by atoms with Gasteiger partial charge in [0.2, 0.25) is 0 Å². The third kappa shape index (κ3) is 4.40. The molecule has 1 unspecified atom stereocenters. The van der Waals surface area contributed by atoms with Gasteiger partial charge in [-0.3, -0.25) is 4.98 Å². The van der Waals surface area contributed by atoms with Gasteiger partial charge < -0.3 is 19.6 Å². The molecule has 37 heavy (non-hydrogen) atoms. The summed E-state index contributed by atoms with van der Waals surface area (Å²) in [6, 6.07) is 15.5. The zero-order valence-electron chi connectivity index (χ0n) is 19.8. The Morgan fingerprint density at radius 1 is 1.03 bits per heavy atom. The maximum absolute atomic E-state index is 12.5. The summed E-state index contributed by atoms with van der Waals surface area (Å²) in [4.78, 5) is 14.1. The molecule has 4 aromatic rings. The van der Waals surface area contributed by atoms with Crippen molar-refractivity contribution in [3.05, 3.63) is 66.5 Å². The number of nitrogens with two attached hydrogens (primary N) is 1. The highest BCUT2D eigenvalue weighted by Crippen LogP contribution is 2.43. The van der Waals surface area contributed by atoms with Crippen LogP contribution in [0.3, 0.4) is 0 Å². The Balaban J connectivity index is 1.43. The van der Waals surface area contributed by atoms with Crippen LogP contribution in [0, 0.1) is 0 Å². The van der Waals surface area contributed by atoms with Crippen LogP contribution in [0.2, 0.25) is 0 Å². The number of nitrogen functional groups attached to an aromatic ring is 1. The predicted molar refractivity (Wildman–Crippen MR) is 138 cm³/mol. The van der Waals surface area contributed by atoms with E-state index in [0.717, 1.165) is 5.56 Å². The summed E-state index contributed by atoms with van der Waals surface area (Å²) < 4.78 is 41.3. The van der Waals surface area contributed by atoms with E-state index in [1.165, 1.54) is 15.0 Å². The van der Waals surface area contributed by atoms with Crippen molar-refractivity contribution in [3.63, 3.8) is 0 Å². The average molecular weight is 511 g/mol. The fraction of sp³-hybridized carbons (Fsp3) is 0.167. The second-order valence-electron chi connectivity index (χ2n) is 8.89. The highest BCUT2D eigenvalue weighted by molar-refractivity contribution is 7.92. The Labute approximate surface area is 214 Å². The number of benzene rings is 2. The maximum atomic E-state index is 12.5. The van der Waals surface area contributed by atoms with Crippen molar-refractivity contribution in [2.75, 3.05) is 5.73 Å². The first-order chi connectivity index (χ1) is 17.7. The Bertz CT molecular complexity index is 1630. The standard InChI is InChI=1S/C24H19B2N5O5S/c1-13(2)37(32,33)17-9-5-15(6-10-17)19-12-28-22(24(26-36-24)30-23-25-34-23)21(29-19)20-11-18(31-35-20)14-3-7-16(27)8-4-14/h3-13H,27H2,1-2H3. The molecule has 4 heterocycles. The first-order valence-corrected chi connectivity index (χ1v) is 13.0. The van der Waals surface area contributed by atoms with Crippen LogP contribution in [0.4, 0.5) is 5.69 Å². The summed E-state index contributed by atoms with van der Waals surface area (Å²) in [6.07, 6.45) is 1.58. The van der Waals surface area contributed by atoms with Crippen LogP contribution in [0.25, 0.3) is 34.0 Å². The minimum absolute atomic E-state index is 0.246. The summed E-state index contributed by atoms with van der Waals surface area (Å²) in [5.41, 5.74) is 8.69. The van der Waals surface area contributed by atoms with Gasteiger partial charge in [-0.2, -0.15) is 0 Å². The molecule has 6 rings (SSSR count). The molecule has 2 saturated heterocycles. The lowest BCUT2D eigenvalue weighted by molar-refractivity contribution is 0.326. The lowest BCUT2D eigenvalue weighted by Crippen LogP contribution is -2.14. The fourth-order valence-electron chi connectivity index (χ4n) is 3.74.